The lowest BCUT2D eigenvalue weighted by Gasteiger charge is -2.34. The number of fused-ring (bicyclic) bond motifs is 2. The highest BCUT2D eigenvalue weighted by Crippen LogP contribution is 2.27. The van der Waals surface area contributed by atoms with E-state index in [4.69, 9.17) is 10.7 Å². The number of para-hydroxylation sites is 2. The van der Waals surface area contributed by atoms with E-state index in [2.05, 4.69) is 83.0 Å². The molecule has 3 heterocycles. The second kappa shape index (κ2) is 9.72. The lowest BCUT2D eigenvalue weighted by Crippen LogP contribution is -2.46. The number of rotatable bonds is 7. The first kappa shape index (κ1) is 22.8. The van der Waals surface area contributed by atoms with E-state index >= 15 is 0 Å². The van der Waals surface area contributed by atoms with Gasteiger partial charge in [-0.2, -0.15) is 0 Å². The van der Waals surface area contributed by atoms with Crippen molar-refractivity contribution < 1.29 is 0 Å². The third-order valence-electron chi connectivity index (χ3n) is 7.27. The molecule has 3 N–H and O–H groups in total. The zero-order valence-corrected chi connectivity index (χ0v) is 20.5. The van der Waals surface area contributed by atoms with Crippen LogP contribution in [0.15, 0.2) is 54.7 Å². The minimum atomic E-state index is 0.242. The standard InChI is InChI=1S/C28H36N6/c1-19(2)24(29)18-33-15-12-23(13-16-33)31-28-32-26-20(3)7-4-11-25(26)34(28)17-22-9-5-8-21-10-6-14-30-27(21)22/h4-11,14,19,23-24H,12-13,15-18,29H2,1-3H3,(H,31,32). The number of hydrogen-bond donors (Lipinski definition) is 2. The predicted molar refractivity (Wildman–Crippen MR) is 141 cm³/mol. The molecule has 0 radical (unpaired) electrons. The third-order valence-corrected chi connectivity index (χ3v) is 7.27. The van der Waals surface area contributed by atoms with Crippen molar-refractivity contribution in [2.45, 2.75) is 52.2 Å². The molecule has 0 aliphatic carbocycles. The monoisotopic (exact) mass is 456 g/mol. The molecule has 0 saturated carbocycles. The molecule has 2 aromatic heterocycles. The van der Waals surface area contributed by atoms with Gasteiger partial charge < -0.3 is 20.5 Å². The number of aryl methyl sites for hydroxylation is 1. The molecule has 5 rings (SSSR count). The Morgan fingerprint density at radius 3 is 2.59 bits per heavy atom. The highest BCUT2D eigenvalue weighted by Gasteiger charge is 2.23. The highest BCUT2D eigenvalue weighted by molar-refractivity contribution is 5.84. The van der Waals surface area contributed by atoms with Crippen LogP contribution in [0.5, 0.6) is 0 Å². The number of benzene rings is 2. The number of imidazole rings is 1. The minimum Gasteiger partial charge on any atom is -0.353 e. The van der Waals surface area contributed by atoms with E-state index in [0.29, 0.717) is 12.0 Å². The van der Waals surface area contributed by atoms with E-state index in [-0.39, 0.29) is 6.04 Å². The second-order valence-electron chi connectivity index (χ2n) is 10.1. The van der Waals surface area contributed by atoms with Gasteiger partial charge in [0.05, 0.1) is 23.1 Å². The molecular formula is C28H36N6. The fraction of sp³-hybridized carbons (Fsp3) is 0.429. The zero-order chi connectivity index (χ0) is 23.7. The number of likely N-dealkylation sites (tertiary alicyclic amines) is 1. The molecule has 6 nitrogen and oxygen atoms in total. The topological polar surface area (TPSA) is 72.0 Å². The Labute approximate surface area is 202 Å². The molecule has 0 bridgehead atoms. The van der Waals surface area contributed by atoms with Crippen LogP contribution in [0.3, 0.4) is 0 Å². The maximum absolute atomic E-state index is 6.32. The molecule has 1 saturated heterocycles. The molecule has 1 aliphatic rings. The summed E-state index contributed by atoms with van der Waals surface area (Å²) < 4.78 is 2.33. The van der Waals surface area contributed by atoms with Gasteiger partial charge in [-0.25, -0.2) is 4.98 Å². The lowest BCUT2D eigenvalue weighted by molar-refractivity contribution is 0.194. The minimum absolute atomic E-state index is 0.242. The van der Waals surface area contributed by atoms with Gasteiger partial charge in [-0.1, -0.05) is 50.2 Å². The molecule has 6 heteroatoms. The second-order valence-corrected chi connectivity index (χ2v) is 10.1. The molecular weight excluding hydrogens is 420 g/mol. The number of nitrogens with zero attached hydrogens (tertiary/aromatic N) is 4. The van der Waals surface area contributed by atoms with Gasteiger partial charge in [0.1, 0.15) is 0 Å². The van der Waals surface area contributed by atoms with Gasteiger partial charge in [-0.3, -0.25) is 4.98 Å². The molecule has 0 spiro atoms. The van der Waals surface area contributed by atoms with Crippen LogP contribution < -0.4 is 11.1 Å². The Hall–Kier alpha value is -2.96. The Balaban J connectivity index is 1.40. The largest absolute Gasteiger partial charge is 0.353 e. The fourth-order valence-corrected chi connectivity index (χ4v) is 4.97. The molecule has 1 aliphatic heterocycles. The SMILES string of the molecule is Cc1cccc2c1nc(NC1CCN(CC(N)C(C)C)CC1)n2Cc1cccc2cccnc12. The van der Waals surface area contributed by atoms with Crippen LogP contribution in [-0.4, -0.2) is 51.2 Å². The summed E-state index contributed by atoms with van der Waals surface area (Å²) in [7, 11) is 0. The van der Waals surface area contributed by atoms with E-state index in [1.807, 2.05) is 12.3 Å². The number of anilines is 1. The van der Waals surface area contributed by atoms with Crippen molar-refractivity contribution in [2.24, 2.45) is 11.7 Å². The number of piperidine rings is 1. The molecule has 0 amide bonds. The maximum Gasteiger partial charge on any atom is 0.204 e. The van der Waals surface area contributed by atoms with E-state index in [1.54, 1.807) is 0 Å². The van der Waals surface area contributed by atoms with Crippen LogP contribution in [0, 0.1) is 12.8 Å². The average Bonchev–Trinajstić information content (AvgIpc) is 3.18. The van der Waals surface area contributed by atoms with Crippen LogP contribution in [0.1, 0.15) is 37.8 Å². The smallest absolute Gasteiger partial charge is 0.204 e. The quantitative estimate of drug-likeness (QED) is 0.418. The summed E-state index contributed by atoms with van der Waals surface area (Å²) in [5.41, 5.74) is 12.0. The first-order valence-electron chi connectivity index (χ1n) is 12.5. The van der Waals surface area contributed by atoms with Gasteiger partial charge in [0.2, 0.25) is 5.95 Å². The summed E-state index contributed by atoms with van der Waals surface area (Å²) in [6.45, 7) is 10.4. The van der Waals surface area contributed by atoms with Gasteiger partial charge in [-0.05, 0) is 48.9 Å². The van der Waals surface area contributed by atoms with Gasteiger partial charge in [0.15, 0.2) is 0 Å². The van der Waals surface area contributed by atoms with Crippen LogP contribution in [0.25, 0.3) is 21.9 Å². The molecule has 178 valence electrons. The van der Waals surface area contributed by atoms with Gasteiger partial charge in [0, 0.05) is 43.3 Å². The summed E-state index contributed by atoms with van der Waals surface area (Å²) in [6.07, 6.45) is 4.08. The predicted octanol–water partition coefficient (Wildman–Crippen LogP) is 4.80. The number of aromatic nitrogens is 3. The number of nitrogens with two attached hydrogens (primary N) is 1. The number of pyridine rings is 1. The summed E-state index contributed by atoms with van der Waals surface area (Å²) >= 11 is 0. The van der Waals surface area contributed by atoms with Gasteiger partial charge >= 0.3 is 0 Å². The van der Waals surface area contributed by atoms with E-state index in [1.165, 1.54) is 16.5 Å². The third kappa shape index (κ3) is 4.65. The molecule has 34 heavy (non-hydrogen) atoms. The summed E-state index contributed by atoms with van der Waals surface area (Å²) in [4.78, 5) is 12.3. The van der Waals surface area contributed by atoms with Crippen molar-refractivity contribution in [3.63, 3.8) is 0 Å². The molecule has 4 aromatic rings. The Morgan fingerprint density at radius 1 is 1.03 bits per heavy atom. The number of hydrogen-bond acceptors (Lipinski definition) is 5. The van der Waals surface area contributed by atoms with Crippen molar-refractivity contribution >= 4 is 27.9 Å². The molecule has 2 aromatic carbocycles. The van der Waals surface area contributed by atoms with E-state index in [9.17, 15) is 0 Å². The molecule has 1 unspecified atom stereocenters. The molecule has 1 fully saturated rings. The summed E-state index contributed by atoms with van der Waals surface area (Å²) in [5.74, 6) is 1.47. The Bertz CT molecular complexity index is 1260. The fourth-order valence-electron chi connectivity index (χ4n) is 4.97. The number of nitrogens with one attached hydrogen (secondary N) is 1. The van der Waals surface area contributed by atoms with Crippen molar-refractivity contribution in [3.05, 3.63) is 65.9 Å². The van der Waals surface area contributed by atoms with Crippen molar-refractivity contribution in [2.75, 3.05) is 25.0 Å². The maximum atomic E-state index is 6.32. The first-order chi connectivity index (χ1) is 16.5. The van der Waals surface area contributed by atoms with Gasteiger partial charge in [0.25, 0.3) is 0 Å². The van der Waals surface area contributed by atoms with Crippen LogP contribution in [0.4, 0.5) is 5.95 Å². The Kier molecular flexibility index (Phi) is 6.53. The summed E-state index contributed by atoms with van der Waals surface area (Å²) in [6, 6.07) is 17.6. The van der Waals surface area contributed by atoms with Gasteiger partial charge in [-0.15, -0.1) is 0 Å². The summed E-state index contributed by atoms with van der Waals surface area (Å²) in [5, 5.41) is 4.97. The zero-order valence-electron chi connectivity index (χ0n) is 20.5. The van der Waals surface area contributed by atoms with Crippen LogP contribution in [-0.2, 0) is 6.54 Å². The van der Waals surface area contributed by atoms with E-state index < -0.39 is 0 Å². The van der Waals surface area contributed by atoms with E-state index in [0.717, 1.165) is 61.5 Å². The van der Waals surface area contributed by atoms with Crippen molar-refractivity contribution in [3.8, 4) is 0 Å². The molecule has 1 atom stereocenters. The Morgan fingerprint density at radius 2 is 1.79 bits per heavy atom. The normalized spacial score (nSPS) is 16.5. The van der Waals surface area contributed by atoms with Crippen LogP contribution in [0.2, 0.25) is 0 Å². The highest BCUT2D eigenvalue weighted by atomic mass is 15.2. The van der Waals surface area contributed by atoms with Crippen LogP contribution >= 0.6 is 0 Å². The lowest BCUT2D eigenvalue weighted by atomic mass is 10.0. The van der Waals surface area contributed by atoms with Crippen molar-refractivity contribution in [1.29, 1.82) is 0 Å². The average molecular weight is 457 g/mol. The first-order valence-corrected chi connectivity index (χ1v) is 12.5. The van der Waals surface area contributed by atoms with Crippen molar-refractivity contribution in [1.82, 2.24) is 19.4 Å².